The molecule has 0 saturated carbocycles. The van der Waals surface area contributed by atoms with Crippen LogP contribution in [-0.4, -0.2) is 17.3 Å². The van der Waals surface area contributed by atoms with Crippen LogP contribution in [0, 0.1) is 6.92 Å². The second-order valence-electron chi connectivity index (χ2n) is 3.17. The quantitative estimate of drug-likeness (QED) is 0.748. The molecule has 78 valence electrons. The average molecular weight is 278 g/mol. The fraction of sp³-hybridized carbons (Fsp3) is 0.455. The zero-order valence-corrected chi connectivity index (χ0v) is 10.5. The van der Waals surface area contributed by atoms with Gasteiger partial charge in [0.2, 0.25) is 0 Å². The number of rotatable bonds is 5. The number of benzene rings is 1. The third-order valence-electron chi connectivity index (χ3n) is 2.08. The molecule has 3 heteroatoms. The topological polar surface area (TPSA) is 9.23 Å². The standard InChI is InChI=1S/C11H14BrClO/c1-9-4-2-3-5-10(9)8-14-11(6-12)7-13/h2-5,11H,6-8H2,1H3/t11-/m0/s1. The van der Waals surface area contributed by atoms with E-state index in [0.29, 0.717) is 12.5 Å². The van der Waals surface area contributed by atoms with Crippen molar-refractivity contribution in [2.75, 3.05) is 11.2 Å². The van der Waals surface area contributed by atoms with Crippen molar-refractivity contribution in [2.45, 2.75) is 19.6 Å². The number of hydrogen-bond acceptors (Lipinski definition) is 1. The van der Waals surface area contributed by atoms with Gasteiger partial charge in [-0.05, 0) is 18.1 Å². The lowest BCUT2D eigenvalue weighted by Crippen LogP contribution is -2.16. The monoisotopic (exact) mass is 276 g/mol. The van der Waals surface area contributed by atoms with E-state index < -0.39 is 0 Å². The highest BCUT2D eigenvalue weighted by Gasteiger charge is 2.06. The van der Waals surface area contributed by atoms with Gasteiger partial charge in [0.25, 0.3) is 0 Å². The third-order valence-corrected chi connectivity index (χ3v) is 3.15. The van der Waals surface area contributed by atoms with Crippen molar-refractivity contribution in [3.05, 3.63) is 35.4 Å². The Morgan fingerprint density at radius 3 is 2.71 bits per heavy atom. The van der Waals surface area contributed by atoms with E-state index in [-0.39, 0.29) is 6.10 Å². The fourth-order valence-electron chi connectivity index (χ4n) is 1.11. The maximum atomic E-state index is 5.72. The summed E-state index contributed by atoms with van der Waals surface area (Å²) < 4.78 is 5.63. The van der Waals surface area contributed by atoms with E-state index in [1.807, 2.05) is 12.1 Å². The maximum Gasteiger partial charge on any atom is 0.0811 e. The second kappa shape index (κ2) is 6.44. The number of halogens is 2. The molecule has 1 atom stereocenters. The first-order valence-corrected chi connectivity index (χ1v) is 6.21. The second-order valence-corrected chi connectivity index (χ2v) is 4.12. The van der Waals surface area contributed by atoms with Crippen molar-refractivity contribution in [3.63, 3.8) is 0 Å². The predicted octanol–water partition coefficient (Wildman–Crippen LogP) is 3.51. The first kappa shape index (κ1) is 12.0. The van der Waals surface area contributed by atoms with Gasteiger partial charge in [0, 0.05) is 11.2 Å². The summed E-state index contributed by atoms with van der Waals surface area (Å²) in [5.74, 6) is 0.525. The summed E-state index contributed by atoms with van der Waals surface area (Å²) in [6.07, 6.45) is 0.0938. The van der Waals surface area contributed by atoms with Crippen molar-refractivity contribution in [3.8, 4) is 0 Å². The molecule has 1 nitrogen and oxygen atoms in total. The van der Waals surface area contributed by atoms with Crippen LogP contribution in [0.4, 0.5) is 0 Å². The summed E-state index contributed by atoms with van der Waals surface area (Å²) in [6.45, 7) is 2.72. The highest BCUT2D eigenvalue weighted by Crippen LogP contribution is 2.10. The van der Waals surface area contributed by atoms with E-state index in [0.717, 1.165) is 5.33 Å². The summed E-state index contributed by atoms with van der Waals surface area (Å²) in [4.78, 5) is 0. The minimum Gasteiger partial charge on any atom is -0.371 e. The van der Waals surface area contributed by atoms with E-state index in [1.165, 1.54) is 11.1 Å². The molecule has 14 heavy (non-hydrogen) atoms. The van der Waals surface area contributed by atoms with Crippen LogP contribution >= 0.6 is 27.5 Å². The zero-order chi connectivity index (χ0) is 10.4. The van der Waals surface area contributed by atoms with E-state index in [2.05, 4.69) is 35.0 Å². The SMILES string of the molecule is Cc1ccccc1CO[C@H](CCl)CBr. The Labute approximate surface area is 98.5 Å². The van der Waals surface area contributed by atoms with E-state index >= 15 is 0 Å². The van der Waals surface area contributed by atoms with Crippen LogP contribution in [0.15, 0.2) is 24.3 Å². The summed E-state index contributed by atoms with van der Waals surface area (Å²) in [6, 6.07) is 8.22. The molecule has 0 aromatic heterocycles. The molecule has 0 aliphatic rings. The van der Waals surface area contributed by atoms with E-state index in [9.17, 15) is 0 Å². The normalized spacial score (nSPS) is 12.8. The number of aryl methyl sites for hydroxylation is 1. The molecule has 0 spiro atoms. The number of ether oxygens (including phenoxy) is 1. The molecule has 1 aromatic carbocycles. The first-order chi connectivity index (χ1) is 6.77. The third kappa shape index (κ3) is 3.60. The lowest BCUT2D eigenvalue weighted by Gasteiger charge is -2.13. The largest absolute Gasteiger partial charge is 0.371 e. The number of alkyl halides is 2. The Bertz CT molecular complexity index is 274. The Hall–Kier alpha value is -0.0500. The van der Waals surface area contributed by atoms with Gasteiger partial charge in [0.1, 0.15) is 0 Å². The Morgan fingerprint density at radius 2 is 2.14 bits per heavy atom. The van der Waals surface area contributed by atoms with Crippen molar-refractivity contribution in [2.24, 2.45) is 0 Å². The van der Waals surface area contributed by atoms with Gasteiger partial charge in [0.05, 0.1) is 12.7 Å². The van der Waals surface area contributed by atoms with Crippen LogP contribution in [0.1, 0.15) is 11.1 Å². The summed E-state index contributed by atoms with van der Waals surface area (Å²) >= 11 is 9.08. The predicted molar refractivity (Wildman–Crippen MR) is 64.3 cm³/mol. The molecule has 0 amide bonds. The van der Waals surface area contributed by atoms with Crippen LogP contribution in [0.25, 0.3) is 0 Å². The van der Waals surface area contributed by atoms with Gasteiger partial charge in [-0.15, -0.1) is 11.6 Å². The average Bonchev–Trinajstić information content (AvgIpc) is 2.22. The molecule has 0 fully saturated rings. The van der Waals surface area contributed by atoms with Gasteiger partial charge < -0.3 is 4.74 Å². The van der Waals surface area contributed by atoms with Gasteiger partial charge in [-0.25, -0.2) is 0 Å². The van der Waals surface area contributed by atoms with Crippen LogP contribution < -0.4 is 0 Å². The van der Waals surface area contributed by atoms with Crippen LogP contribution in [-0.2, 0) is 11.3 Å². The summed E-state index contributed by atoms with van der Waals surface area (Å²) in [5.41, 5.74) is 2.49. The Morgan fingerprint density at radius 1 is 1.43 bits per heavy atom. The molecular formula is C11H14BrClO. The van der Waals surface area contributed by atoms with Crippen molar-refractivity contribution < 1.29 is 4.74 Å². The molecule has 0 N–H and O–H groups in total. The van der Waals surface area contributed by atoms with Crippen LogP contribution in [0.2, 0.25) is 0 Å². The molecule has 1 rings (SSSR count). The maximum absolute atomic E-state index is 5.72. The Balaban J connectivity index is 2.49. The highest BCUT2D eigenvalue weighted by molar-refractivity contribution is 9.09. The minimum atomic E-state index is 0.0938. The molecule has 0 bridgehead atoms. The van der Waals surface area contributed by atoms with Gasteiger partial charge in [0.15, 0.2) is 0 Å². The van der Waals surface area contributed by atoms with Gasteiger partial charge in [-0.1, -0.05) is 40.2 Å². The van der Waals surface area contributed by atoms with Crippen molar-refractivity contribution in [1.82, 2.24) is 0 Å². The van der Waals surface area contributed by atoms with Gasteiger partial charge >= 0.3 is 0 Å². The molecule has 0 aliphatic carbocycles. The summed E-state index contributed by atoms with van der Waals surface area (Å²) in [5, 5.41) is 0.780. The number of hydrogen-bond donors (Lipinski definition) is 0. The zero-order valence-electron chi connectivity index (χ0n) is 8.17. The molecule has 0 heterocycles. The lowest BCUT2D eigenvalue weighted by atomic mass is 10.1. The molecule has 0 aliphatic heterocycles. The van der Waals surface area contributed by atoms with Crippen molar-refractivity contribution in [1.29, 1.82) is 0 Å². The van der Waals surface area contributed by atoms with E-state index in [1.54, 1.807) is 0 Å². The first-order valence-electron chi connectivity index (χ1n) is 4.56. The molecule has 0 radical (unpaired) electrons. The lowest BCUT2D eigenvalue weighted by molar-refractivity contribution is 0.0714. The minimum absolute atomic E-state index is 0.0938. The van der Waals surface area contributed by atoms with E-state index in [4.69, 9.17) is 16.3 Å². The smallest absolute Gasteiger partial charge is 0.0811 e. The Kier molecular flexibility index (Phi) is 5.53. The van der Waals surface area contributed by atoms with Gasteiger partial charge in [-0.2, -0.15) is 0 Å². The molecular weight excluding hydrogens is 263 g/mol. The van der Waals surface area contributed by atoms with Crippen LogP contribution in [0.5, 0.6) is 0 Å². The molecule has 0 unspecified atom stereocenters. The fourth-order valence-corrected chi connectivity index (χ4v) is 1.99. The molecule has 0 saturated heterocycles. The summed E-state index contributed by atoms with van der Waals surface area (Å²) in [7, 11) is 0. The molecule has 1 aromatic rings. The van der Waals surface area contributed by atoms with Crippen molar-refractivity contribution >= 4 is 27.5 Å². The highest BCUT2D eigenvalue weighted by atomic mass is 79.9. The van der Waals surface area contributed by atoms with Crippen LogP contribution in [0.3, 0.4) is 0 Å². The van der Waals surface area contributed by atoms with Gasteiger partial charge in [-0.3, -0.25) is 0 Å².